The van der Waals surface area contributed by atoms with Crippen LogP contribution in [0.5, 0.6) is 0 Å². The molecule has 1 atom stereocenters. The molecule has 4 heteroatoms. The Labute approximate surface area is 147 Å². The second-order valence-electron chi connectivity index (χ2n) is 7.11. The molecule has 23 heavy (non-hydrogen) atoms. The van der Waals surface area contributed by atoms with Gasteiger partial charge in [-0.05, 0) is 50.8 Å². The van der Waals surface area contributed by atoms with Crippen molar-refractivity contribution in [2.45, 2.75) is 57.9 Å². The fourth-order valence-electron chi connectivity index (χ4n) is 3.12. The Morgan fingerprint density at radius 2 is 1.87 bits per heavy atom. The summed E-state index contributed by atoms with van der Waals surface area (Å²) in [5, 5.41) is 6.58. The molecule has 1 aliphatic rings. The number of carbonyl (C=O) groups is 1. The molecule has 2 N–H and O–H groups in total. The van der Waals surface area contributed by atoms with Crippen molar-refractivity contribution in [3.63, 3.8) is 0 Å². The molecule has 0 saturated carbocycles. The zero-order valence-corrected chi connectivity index (χ0v) is 15.4. The Balaban J connectivity index is 0.00000264. The van der Waals surface area contributed by atoms with Gasteiger partial charge < -0.3 is 10.6 Å². The Hall–Kier alpha value is -1.06. The maximum Gasteiger partial charge on any atom is 0.220 e. The van der Waals surface area contributed by atoms with Crippen LogP contribution in [0.2, 0.25) is 0 Å². The van der Waals surface area contributed by atoms with Crippen LogP contribution in [-0.4, -0.2) is 25.0 Å². The Morgan fingerprint density at radius 3 is 2.48 bits per heavy atom. The second kappa shape index (κ2) is 9.29. The van der Waals surface area contributed by atoms with Crippen molar-refractivity contribution >= 4 is 18.3 Å². The van der Waals surface area contributed by atoms with Crippen molar-refractivity contribution in [3.8, 4) is 0 Å². The van der Waals surface area contributed by atoms with Gasteiger partial charge in [-0.3, -0.25) is 4.79 Å². The monoisotopic (exact) mass is 338 g/mol. The van der Waals surface area contributed by atoms with Gasteiger partial charge in [0.2, 0.25) is 5.91 Å². The number of benzene rings is 1. The van der Waals surface area contributed by atoms with Gasteiger partial charge in [0, 0.05) is 17.9 Å². The van der Waals surface area contributed by atoms with Crippen LogP contribution in [0.4, 0.5) is 0 Å². The van der Waals surface area contributed by atoms with E-state index in [2.05, 4.69) is 55.7 Å². The normalized spacial score (nSPS) is 17.2. The molecule has 1 aromatic rings. The number of nitrogens with one attached hydrogen (secondary N) is 2. The first-order valence-corrected chi connectivity index (χ1v) is 8.55. The van der Waals surface area contributed by atoms with Gasteiger partial charge in [-0.15, -0.1) is 12.4 Å². The summed E-state index contributed by atoms with van der Waals surface area (Å²) in [5.74, 6) is 0.902. The smallest absolute Gasteiger partial charge is 0.220 e. The minimum absolute atomic E-state index is 0. The van der Waals surface area contributed by atoms with Crippen molar-refractivity contribution in [1.29, 1.82) is 0 Å². The van der Waals surface area contributed by atoms with E-state index < -0.39 is 0 Å². The number of hydrogen-bond acceptors (Lipinski definition) is 2. The van der Waals surface area contributed by atoms with Crippen molar-refractivity contribution in [2.75, 3.05) is 13.1 Å². The van der Waals surface area contributed by atoms with Crippen molar-refractivity contribution < 1.29 is 4.79 Å². The number of rotatable bonds is 6. The van der Waals surface area contributed by atoms with Crippen molar-refractivity contribution in [2.24, 2.45) is 5.92 Å². The standard InChI is InChI=1S/C19H30N2O.ClH/c1-15(19(2,3)17-7-5-4-6-8-17)21-18(22)10-9-16-11-13-20-14-12-16;/h4-8,15-16,20H,9-14H2,1-3H3,(H,21,22);1H. The van der Waals surface area contributed by atoms with E-state index in [0.29, 0.717) is 12.3 Å². The van der Waals surface area contributed by atoms with Gasteiger partial charge in [-0.25, -0.2) is 0 Å². The lowest BCUT2D eigenvalue weighted by atomic mass is 9.78. The number of halogens is 1. The Morgan fingerprint density at radius 1 is 1.26 bits per heavy atom. The van der Waals surface area contributed by atoms with Crippen LogP contribution in [0, 0.1) is 5.92 Å². The van der Waals surface area contributed by atoms with Crippen LogP contribution in [-0.2, 0) is 10.2 Å². The summed E-state index contributed by atoms with van der Waals surface area (Å²) < 4.78 is 0. The number of carbonyl (C=O) groups excluding carboxylic acids is 1. The maximum absolute atomic E-state index is 12.2. The van der Waals surface area contributed by atoms with Gasteiger partial charge in [-0.1, -0.05) is 44.2 Å². The summed E-state index contributed by atoms with van der Waals surface area (Å²) in [5.41, 5.74) is 1.20. The van der Waals surface area contributed by atoms with Gasteiger partial charge in [-0.2, -0.15) is 0 Å². The molecule has 0 bridgehead atoms. The topological polar surface area (TPSA) is 41.1 Å². The highest BCUT2D eigenvalue weighted by Gasteiger charge is 2.29. The molecule has 3 nitrogen and oxygen atoms in total. The third-order valence-corrected chi connectivity index (χ3v) is 5.22. The highest BCUT2D eigenvalue weighted by atomic mass is 35.5. The molecule has 0 aliphatic carbocycles. The summed E-state index contributed by atoms with van der Waals surface area (Å²) in [4.78, 5) is 12.2. The van der Waals surface area contributed by atoms with Crippen LogP contribution in [0.15, 0.2) is 30.3 Å². The molecule has 130 valence electrons. The highest BCUT2D eigenvalue weighted by molar-refractivity contribution is 5.85. The molecule has 0 spiro atoms. The van der Waals surface area contributed by atoms with Gasteiger partial charge in [0.15, 0.2) is 0 Å². The van der Waals surface area contributed by atoms with Gasteiger partial charge in [0.1, 0.15) is 0 Å². The van der Waals surface area contributed by atoms with Crippen molar-refractivity contribution in [1.82, 2.24) is 10.6 Å². The molecule has 1 unspecified atom stereocenters. The quantitative estimate of drug-likeness (QED) is 0.831. The van der Waals surface area contributed by atoms with E-state index in [9.17, 15) is 4.79 Å². The fourth-order valence-corrected chi connectivity index (χ4v) is 3.12. The van der Waals surface area contributed by atoms with Crippen LogP contribution in [0.25, 0.3) is 0 Å². The second-order valence-corrected chi connectivity index (χ2v) is 7.11. The third-order valence-electron chi connectivity index (χ3n) is 5.22. The largest absolute Gasteiger partial charge is 0.353 e. The zero-order valence-electron chi connectivity index (χ0n) is 14.6. The van der Waals surface area contributed by atoms with E-state index in [1.807, 2.05) is 6.07 Å². The molecule has 1 saturated heterocycles. The van der Waals surface area contributed by atoms with E-state index in [-0.39, 0.29) is 29.8 Å². The van der Waals surface area contributed by atoms with E-state index in [1.54, 1.807) is 0 Å². The fraction of sp³-hybridized carbons (Fsp3) is 0.632. The minimum atomic E-state index is -0.0638. The summed E-state index contributed by atoms with van der Waals surface area (Å²) in [6, 6.07) is 10.5. The van der Waals surface area contributed by atoms with Crippen molar-refractivity contribution in [3.05, 3.63) is 35.9 Å². The predicted molar refractivity (Wildman–Crippen MR) is 99.1 cm³/mol. The first kappa shape index (κ1) is 20.0. The van der Waals surface area contributed by atoms with E-state index in [1.165, 1.54) is 18.4 Å². The molecular formula is C19H31ClN2O. The summed E-state index contributed by atoms with van der Waals surface area (Å²) in [6.07, 6.45) is 4.09. The summed E-state index contributed by atoms with van der Waals surface area (Å²) in [6.45, 7) is 8.70. The molecule has 1 aromatic carbocycles. The van der Waals surface area contributed by atoms with E-state index >= 15 is 0 Å². The van der Waals surface area contributed by atoms with Gasteiger partial charge in [0.25, 0.3) is 0 Å². The lowest BCUT2D eigenvalue weighted by Crippen LogP contribution is -2.45. The lowest BCUT2D eigenvalue weighted by Gasteiger charge is -2.33. The van der Waals surface area contributed by atoms with Gasteiger partial charge in [0.05, 0.1) is 0 Å². The van der Waals surface area contributed by atoms with Crippen LogP contribution in [0.3, 0.4) is 0 Å². The average molecular weight is 339 g/mol. The van der Waals surface area contributed by atoms with E-state index in [0.717, 1.165) is 19.5 Å². The first-order valence-electron chi connectivity index (χ1n) is 8.55. The number of amides is 1. The van der Waals surface area contributed by atoms with Crippen LogP contribution in [0.1, 0.15) is 52.0 Å². The third kappa shape index (κ3) is 5.82. The van der Waals surface area contributed by atoms with E-state index in [4.69, 9.17) is 0 Å². The number of piperidine rings is 1. The maximum atomic E-state index is 12.2. The zero-order chi connectivity index (χ0) is 16.0. The molecule has 1 amide bonds. The molecule has 0 radical (unpaired) electrons. The Bertz CT molecular complexity index is 470. The SMILES string of the molecule is CC(NC(=O)CCC1CCNCC1)C(C)(C)c1ccccc1.Cl. The molecule has 1 fully saturated rings. The minimum Gasteiger partial charge on any atom is -0.353 e. The molecular weight excluding hydrogens is 308 g/mol. The molecule has 2 rings (SSSR count). The molecule has 0 aromatic heterocycles. The predicted octanol–water partition coefficient (Wildman–Crippen LogP) is 3.67. The summed E-state index contributed by atoms with van der Waals surface area (Å²) >= 11 is 0. The summed E-state index contributed by atoms with van der Waals surface area (Å²) in [7, 11) is 0. The number of hydrogen-bond donors (Lipinski definition) is 2. The highest BCUT2D eigenvalue weighted by Crippen LogP contribution is 2.27. The Kier molecular flexibility index (Phi) is 8.07. The van der Waals surface area contributed by atoms with Gasteiger partial charge >= 0.3 is 0 Å². The molecule has 1 heterocycles. The first-order chi connectivity index (χ1) is 10.5. The molecule has 1 aliphatic heterocycles. The van der Waals surface area contributed by atoms with Crippen LogP contribution < -0.4 is 10.6 Å². The van der Waals surface area contributed by atoms with Crippen LogP contribution >= 0.6 is 12.4 Å². The average Bonchev–Trinajstić information content (AvgIpc) is 2.54. The lowest BCUT2D eigenvalue weighted by molar-refractivity contribution is -0.122.